The van der Waals surface area contributed by atoms with Gasteiger partial charge in [-0.3, -0.25) is 0 Å². The van der Waals surface area contributed by atoms with Crippen LogP contribution in [0.1, 0.15) is 32.0 Å². The Balaban J connectivity index is 2.21. The summed E-state index contributed by atoms with van der Waals surface area (Å²) in [6, 6.07) is 7.09. The molecule has 0 saturated carbocycles. The standard InChI is InChI=1S/C18H20F3N3O3/c1-17(2,3)27-16(25)22-10-11-5-7-14(26-4)12(9-11)13-6-8-15(24-23-13)18(19,20)21/h5-9H,10H2,1-4H3,(H,22,25). The van der Waals surface area contributed by atoms with Gasteiger partial charge in [-0.05, 0) is 50.6 Å². The summed E-state index contributed by atoms with van der Waals surface area (Å²) in [7, 11) is 1.44. The zero-order valence-electron chi connectivity index (χ0n) is 15.3. The molecule has 0 radical (unpaired) electrons. The van der Waals surface area contributed by atoms with Crippen molar-refractivity contribution in [3.05, 3.63) is 41.6 Å². The minimum Gasteiger partial charge on any atom is -0.496 e. The van der Waals surface area contributed by atoms with Gasteiger partial charge in [0.25, 0.3) is 0 Å². The lowest BCUT2D eigenvalue weighted by Gasteiger charge is -2.19. The Hall–Kier alpha value is -2.84. The summed E-state index contributed by atoms with van der Waals surface area (Å²) in [6.07, 6.45) is -5.14. The number of alkyl halides is 3. The number of rotatable bonds is 4. The zero-order chi connectivity index (χ0) is 20.2. The van der Waals surface area contributed by atoms with E-state index in [0.717, 1.165) is 6.07 Å². The Morgan fingerprint density at radius 3 is 2.33 bits per heavy atom. The smallest absolute Gasteiger partial charge is 0.435 e. The van der Waals surface area contributed by atoms with E-state index >= 15 is 0 Å². The van der Waals surface area contributed by atoms with E-state index in [9.17, 15) is 18.0 Å². The molecule has 0 atom stereocenters. The van der Waals surface area contributed by atoms with E-state index in [0.29, 0.717) is 16.9 Å². The van der Waals surface area contributed by atoms with Gasteiger partial charge in [-0.25, -0.2) is 4.79 Å². The Morgan fingerprint density at radius 2 is 1.81 bits per heavy atom. The zero-order valence-corrected chi connectivity index (χ0v) is 15.3. The molecule has 1 aromatic carbocycles. The molecule has 146 valence electrons. The van der Waals surface area contributed by atoms with E-state index in [2.05, 4.69) is 15.5 Å². The molecule has 0 aliphatic rings. The molecular formula is C18H20F3N3O3. The van der Waals surface area contributed by atoms with Crippen LogP contribution in [-0.4, -0.2) is 29.0 Å². The van der Waals surface area contributed by atoms with Crippen LogP contribution in [0.3, 0.4) is 0 Å². The first-order chi connectivity index (χ1) is 12.5. The predicted molar refractivity (Wildman–Crippen MR) is 92.1 cm³/mol. The van der Waals surface area contributed by atoms with Crippen LogP contribution in [0.15, 0.2) is 30.3 Å². The lowest BCUT2D eigenvalue weighted by Crippen LogP contribution is -2.32. The van der Waals surface area contributed by atoms with E-state index in [1.54, 1.807) is 39.0 Å². The number of halogens is 3. The molecule has 27 heavy (non-hydrogen) atoms. The van der Waals surface area contributed by atoms with E-state index in [-0.39, 0.29) is 12.2 Å². The highest BCUT2D eigenvalue weighted by atomic mass is 19.4. The number of hydrogen-bond acceptors (Lipinski definition) is 5. The molecule has 0 unspecified atom stereocenters. The van der Waals surface area contributed by atoms with Crippen LogP contribution in [0, 0.1) is 0 Å². The van der Waals surface area contributed by atoms with E-state index in [4.69, 9.17) is 9.47 Å². The average molecular weight is 383 g/mol. The summed E-state index contributed by atoms with van der Waals surface area (Å²) in [5.41, 5.74) is -0.321. The number of amides is 1. The van der Waals surface area contributed by atoms with Crippen LogP contribution in [0.4, 0.5) is 18.0 Å². The summed E-state index contributed by atoms with van der Waals surface area (Å²) in [6.45, 7) is 5.42. The molecule has 1 N–H and O–H groups in total. The number of nitrogens with one attached hydrogen (secondary N) is 1. The van der Waals surface area contributed by atoms with Crippen molar-refractivity contribution < 1.29 is 27.4 Å². The van der Waals surface area contributed by atoms with E-state index in [1.165, 1.54) is 13.2 Å². The number of benzene rings is 1. The minimum absolute atomic E-state index is 0.167. The third-order valence-corrected chi connectivity index (χ3v) is 3.33. The maximum Gasteiger partial charge on any atom is 0.435 e. The Morgan fingerprint density at radius 1 is 1.11 bits per heavy atom. The average Bonchev–Trinajstić information content (AvgIpc) is 2.57. The third kappa shape index (κ3) is 5.83. The van der Waals surface area contributed by atoms with Crippen molar-refractivity contribution >= 4 is 6.09 Å². The van der Waals surface area contributed by atoms with Gasteiger partial charge in [-0.2, -0.15) is 13.2 Å². The molecule has 9 heteroatoms. The van der Waals surface area contributed by atoms with Gasteiger partial charge in [0.05, 0.1) is 12.8 Å². The fourth-order valence-electron chi connectivity index (χ4n) is 2.18. The number of carbonyl (C=O) groups excluding carboxylic acids is 1. The maximum absolute atomic E-state index is 12.6. The number of hydrogen-bond donors (Lipinski definition) is 1. The Bertz CT molecular complexity index is 800. The molecule has 2 rings (SSSR count). The largest absolute Gasteiger partial charge is 0.496 e. The molecule has 6 nitrogen and oxygen atoms in total. The molecule has 0 fully saturated rings. The van der Waals surface area contributed by atoms with Crippen LogP contribution >= 0.6 is 0 Å². The molecule has 2 aromatic rings. The molecule has 0 aliphatic heterocycles. The van der Waals surface area contributed by atoms with Crippen LogP contribution in [0.2, 0.25) is 0 Å². The highest BCUT2D eigenvalue weighted by Crippen LogP contribution is 2.32. The number of aromatic nitrogens is 2. The van der Waals surface area contributed by atoms with Crippen molar-refractivity contribution in [2.75, 3.05) is 7.11 Å². The number of carbonyl (C=O) groups is 1. The molecule has 1 amide bonds. The fraction of sp³-hybridized carbons (Fsp3) is 0.389. The quantitative estimate of drug-likeness (QED) is 0.857. The molecule has 0 spiro atoms. The number of alkyl carbamates (subject to hydrolysis) is 1. The van der Waals surface area contributed by atoms with Crippen molar-refractivity contribution in [3.8, 4) is 17.0 Å². The second kappa shape index (κ2) is 7.81. The van der Waals surface area contributed by atoms with Gasteiger partial charge in [-0.1, -0.05) is 6.07 Å². The van der Waals surface area contributed by atoms with Gasteiger partial charge >= 0.3 is 12.3 Å². The third-order valence-electron chi connectivity index (χ3n) is 3.33. The Labute approximate surface area is 154 Å². The monoisotopic (exact) mass is 383 g/mol. The molecular weight excluding hydrogens is 363 g/mol. The fourth-order valence-corrected chi connectivity index (χ4v) is 2.18. The Kier molecular flexibility index (Phi) is 5.92. The summed E-state index contributed by atoms with van der Waals surface area (Å²) in [5.74, 6) is 0.421. The first-order valence-corrected chi connectivity index (χ1v) is 8.04. The van der Waals surface area contributed by atoms with Gasteiger partial charge in [0.1, 0.15) is 11.4 Å². The lowest BCUT2D eigenvalue weighted by atomic mass is 10.1. The normalized spacial score (nSPS) is 11.8. The van der Waals surface area contributed by atoms with Gasteiger partial charge in [0, 0.05) is 12.1 Å². The van der Waals surface area contributed by atoms with Crippen LogP contribution in [0.25, 0.3) is 11.3 Å². The molecule has 0 aliphatic carbocycles. The SMILES string of the molecule is COc1ccc(CNC(=O)OC(C)(C)C)cc1-c1ccc(C(F)(F)F)nn1. The second-order valence-electron chi connectivity index (χ2n) is 6.69. The molecule has 1 heterocycles. The van der Waals surface area contributed by atoms with Crippen molar-refractivity contribution in [3.63, 3.8) is 0 Å². The maximum atomic E-state index is 12.6. The van der Waals surface area contributed by atoms with Crippen molar-refractivity contribution in [2.24, 2.45) is 0 Å². The van der Waals surface area contributed by atoms with Crippen molar-refractivity contribution in [2.45, 2.75) is 39.1 Å². The highest BCUT2D eigenvalue weighted by Gasteiger charge is 2.33. The summed E-state index contributed by atoms with van der Waals surface area (Å²) in [5, 5.41) is 9.49. The van der Waals surface area contributed by atoms with Crippen molar-refractivity contribution in [1.29, 1.82) is 0 Å². The van der Waals surface area contributed by atoms with Gasteiger partial charge in [0.15, 0.2) is 5.69 Å². The molecule has 1 aromatic heterocycles. The van der Waals surface area contributed by atoms with Crippen LogP contribution < -0.4 is 10.1 Å². The van der Waals surface area contributed by atoms with Crippen molar-refractivity contribution in [1.82, 2.24) is 15.5 Å². The topological polar surface area (TPSA) is 73.3 Å². The number of nitrogens with zero attached hydrogens (tertiary/aromatic N) is 2. The summed E-state index contributed by atoms with van der Waals surface area (Å²) >= 11 is 0. The second-order valence-corrected chi connectivity index (χ2v) is 6.69. The highest BCUT2D eigenvalue weighted by molar-refractivity contribution is 5.69. The van der Waals surface area contributed by atoms with Gasteiger partial charge in [0.2, 0.25) is 0 Å². The first kappa shape index (κ1) is 20.5. The molecule has 0 bridgehead atoms. The number of methoxy groups -OCH3 is 1. The molecule has 0 saturated heterocycles. The summed E-state index contributed by atoms with van der Waals surface area (Å²) < 4.78 is 48.3. The van der Waals surface area contributed by atoms with E-state index < -0.39 is 23.6 Å². The first-order valence-electron chi connectivity index (χ1n) is 8.04. The van der Waals surface area contributed by atoms with Crippen LogP contribution in [-0.2, 0) is 17.5 Å². The van der Waals surface area contributed by atoms with Crippen LogP contribution in [0.5, 0.6) is 5.75 Å². The lowest BCUT2D eigenvalue weighted by molar-refractivity contribution is -0.141. The van der Waals surface area contributed by atoms with Gasteiger partial charge in [-0.15, -0.1) is 10.2 Å². The predicted octanol–water partition coefficient (Wildman–Crippen LogP) is 4.20. The summed E-state index contributed by atoms with van der Waals surface area (Å²) in [4.78, 5) is 11.8. The van der Waals surface area contributed by atoms with E-state index in [1.807, 2.05) is 0 Å². The van der Waals surface area contributed by atoms with Gasteiger partial charge < -0.3 is 14.8 Å². The minimum atomic E-state index is -4.56. The number of ether oxygens (including phenoxy) is 2.